The van der Waals surface area contributed by atoms with Gasteiger partial charge in [0.15, 0.2) is 0 Å². The first-order chi connectivity index (χ1) is 13.1. The Morgan fingerprint density at radius 2 is 1.96 bits per heavy atom. The van der Waals surface area contributed by atoms with Crippen molar-refractivity contribution in [1.29, 1.82) is 0 Å². The molecule has 5 heteroatoms. The molecule has 2 rings (SSSR count). The minimum Gasteiger partial charge on any atom is -0.497 e. The van der Waals surface area contributed by atoms with Crippen LogP contribution in [0.1, 0.15) is 70.8 Å². The summed E-state index contributed by atoms with van der Waals surface area (Å²) in [6, 6.07) is 7.52. The van der Waals surface area contributed by atoms with Gasteiger partial charge in [-0.1, -0.05) is 45.2 Å². The van der Waals surface area contributed by atoms with Crippen LogP contribution in [0.3, 0.4) is 0 Å². The first-order valence-corrected chi connectivity index (χ1v) is 10.3. The summed E-state index contributed by atoms with van der Waals surface area (Å²) in [7, 11) is 1.63. The van der Waals surface area contributed by atoms with Crippen molar-refractivity contribution in [2.24, 2.45) is 0 Å². The van der Waals surface area contributed by atoms with Crippen LogP contribution in [-0.2, 0) is 16.1 Å². The Kier molecular flexibility index (Phi) is 8.62. The summed E-state index contributed by atoms with van der Waals surface area (Å²) in [5.41, 5.74) is 0.975. The van der Waals surface area contributed by atoms with Gasteiger partial charge in [-0.05, 0) is 43.4 Å². The van der Waals surface area contributed by atoms with Crippen LogP contribution in [0.2, 0.25) is 0 Å². The molecular weight excluding hydrogens is 340 g/mol. The van der Waals surface area contributed by atoms with Gasteiger partial charge in [-0.2, -0.15) is 0 Å². The second kappa shape index (κ2) is 11.0. The molecule has 1 aromatic rings. The summed E-state index contributed by atoms with van der Waals surface area (Å²) >= 11 is 0. The third-order valence-corrected chi connectivity index (χ3v) is 5.29. The van der Waals surface area contributed by atoms with E-state index in [9.17, 15) is 9.59 Å². The Balaban J connectivity index is 2.15. The van der Waals surface area contributed by atoms with Gasteiger partial charge < -0.3 is 15.0 Å². The number of nitrogens with zero attached hydrogens (tertiary/aromatic N) is 1. The fraction of sp³-hybridized carbons (Fsp3) is 0.636. The number of nitrogens with one attached hydrogen (secondary N) is 1. The Bertz CT molecular complexity index is 611. The molecule has 1 aromatic carbocycles. The van der Waals surface area contributed by atoms with Gasteiger partial charge in [0.1, 0.15) is 11.8 Å². The molecule has 0 bridgehead atoms. The molecule has 0 radical (unpaired) electrons. The Labute approximate surface area is 163 Å². The number of hydrogen-bond donors (Lipinski definition) is 1. The maximum absolute atomic E-state index is 13.0. The van der Waals surface area contributed by atoms with Crippen molar-refractivity contribution in [3.63, 3.8) is 0 Å². The molecule has 0 aliphatic heterocycles. The van der Waals surface area contributed by atoms with Crippen molar-refractivity contribution in [2.45, 2.75) is 83.8 Å². The van der Waals surface area contributed by atoms with E-state index in [4.69, 9.17) is 4.74 Å². The lowest BCUT2D eigenvalue weighted by atomic mass is 9.95. The molecule has 1 aliphatic carbocycles. The van der Waals surface area contributed by atoms with Crippen LogP contribution in [0.4, 0.5) is 0 Å². The molecule has 0 saturated heterocycles. The number of amides is 2. The summed E-state index contributed by atoms with van der Waals surface area (Å²) in [6.45, 7) is 4.39. The molecule has 0 aromatic heterocycles. The monoisotopic (exact) mass is 374 g/mol. The average molecular weight is 375 g/mol. The molecule has 1 N–H and O–H groups in total. The number of hydrogen-bond acceptors (Lipinski definition) is 3. The van der Waals surface area contributed by atoms with Crippen molar-refractivity contribution in [3.8, 4) is 5.75 Å². The average Bonchev–Trinajstić information content (AvgIpc) is 2.69. The Hall–Kier alpha value is -2.04. The molecule has 0 unspecified atom stereocenters. The zero-order valence-electron chi connectivity index (χ0n) is 17.0. The van der Waals surface area contributed by atoms with E-state index in [1.54, 1.807) is 12.0 Å². The van der Waals surface area contributed by atoms with E-state index in [0.29, 0.717) is 19.4 Å². The van der Waals surface area contributed by atoms with E-state index in [0.717, 1.165) is 30.6 Å². The molecule has 1 saturated carbocycles. The lowest BCUT2D eigenvalue weighted by Gasteiger charge is -2.33. The number of carbonyl (C=O) groups excluding carboxylic acids is 2. The van der Waals surface area contributed by atoms with Crippen molar-refractivity contribution < 1.29 is 14.3 Å². The topological polar surface area (TPSA) is 58.6 Å². The molecule has 2 amide bonds. The van der Waals surface area contributed by atoms with Gasteiger partial charge in [0, 0.05) is 19.0 Å². The van der Waals surface area contributed by atoms with E-state index in [1.807, 2.05) is 38.1 Å². The summed E-state index contributed by atoms with van der Waals surface area (Å²) in [5.74, 6) is 0.776. The molecular formula is C22H34N2O3. The minimum absolute atomic E-state index is 0.0169. The quantitative estimate of drug-likeness (QED) is 0.709. The molecule has 0 heterocycles. The second-order valence-corrected chi connectivity index (χ2v) is 7.39. The standard InChI is InChI=1S/C22H34N2O3/c1-4-10-21(25)24(16-17-11-9-14-19(15-17)27-3)20(5-2)22(26)23-18-12-7-6-8-13-18/h9,11,14-15,18,20H,4-8,10,12-13,16H2,1-3H3,(H,23,26)/t20-/m0/s1. The van der Waals surface area contributed by atoms with Crippen molar-refractivity contribution in [3.05, 3.63) is 29.8 Å². The minimum atomic E-state index is -0.433. The fourth-order valence-corrected chi connectivity index (χ4v) is 3.79. The summed E-state index contributed by atoms with van der Waals surface area (Å²) in [4.78, 5) is 27.5. The predicted molar refractivity (Wildman–Crippen MR) is 108 cm³/mol. The van der Waals surface area contributed by atoms with Gasteiger partial charge in [-0.25, -0.2) is 0 Å². The van der Waals surface area contributed by atoms with Crippen LogP contribution >= 0.6 is 0 Å². The van der Waals surface area contributed by atoms with E-state index in [-0.39, 0.29) is 17.9 Å². The Morgan fingerprint density at radius 3 is 2.59 bits per heavy atom. The maximum atomic E-state index is 13.0. The number of carbonyl (C=O) groups is 2. The lowest BCUT2D eigenvalue weighted by Crippen LogP contribution is -2.51. The molecule has 27 heavy (non-hydrogen) atoms. The highest BCUT2D eigenvalue weighted by Crippen LogP contribution is 2.20. The Morgan fingerprint density at radius 1 is 1.22 bits per heavy atom. The number of methoxy groups -OCH3 is 1. The summed E-state index contributed by atoms with van der Waals surface area (Å²) in [6.07, 6.45) is 7.51. The zero-order valence-corrected chi connectivity index (χ0v) is 17.0. The first kappa shape index (κ1) is 21.3. The molecule has 1 fully saturated rings. The van der Waals surface area contributed by atoms with E-state index >= 15 is 0 Å². The van der Waals surface area contributed by atoms with E-state index < -0.39 is 6.04 Å². The van der Waals surface area contributed by atoms with E-state index in [1.165, 1.54) is 19.3 Å². The number of benzene rings is 1. The van der Waals surface area contributed by atoms with Crippen LogP contribution in [0, 0.1) is 0 Å². The largest absolute Gasteiger partial charge is 0.497 e. The molecule has 1 atom stereocenters. The smallest absolute Gasteiger partial charge is 0.243 e. The molecule has 1 aliphatic rings. The summed E-state index contributed by atoms with van der Waals surface area (Å²) in [5, 5.41) is 3.20. The maximum Gasteiger partial charge on any atom is 0.243 e. The second-order valence-electron chi connectivity index (χ2n) is 7.39. The third-order valence-electron chi connectivity index (χ3n) is 5.29. The van der Waals surface area contributed by atoms with Gasteiger partial charge >= 0.3 is 0 Å². The van der Waals surface area contributed by atoms with Gasteiger partial charge in [0.05, 0.1) is 7.11 Å². The molecule has 0 spiro atoms. The lowest BCUT2D eigenvalue weighted by molar-refractivity contribution is -0.141. The van der Waals surface area contributed by atoms with Gasteiger partial charge in [0.25, 0.3) is 0 Å². The molecule has 150 valence electrons. The number of rotatable bonds is 9. The number of ether oxygens (including phenoxy) is 1. The molecule has 5 nitrogen and oxygen atoms in total. The van der Waals surface area contributed by atoms with Crippen LogP contribution in [0.5, 0.6) is 5.75 Å². The SMILES string of the molecule is CCCC(=O)N(Cc1cccc(OC)c1)[C@@H](CC)C(=O)NC1CCCCC1. The van der Waals surface area contributed by atoms with Gasteiger partial charge in [-0.3, -0.25) is 9.59 Å². The van der Waals surface area contributed by atoms with Gasteiger partial charge in [-0.15, -0.1) is 0 Å². The van der Waals surface area contributed by atoms with Crippen LogP contribution in [0.15, 0.2) is 24.3 Å². The van der Waals surface area contributed by atoms with Crippen molar-refractivity contribution in [1.82, 2.24) is 10.2 Å². The first-order valence-electron chi connectivity index (χ1n) is 10.3. The van der Waals surface area contributed by atoms with Crippen molar-refractivity contribution in [2.75, 3.05) is 7.11 Å². The fourth-order valence-electron chi connectivity index (χ4n) is 3.79. The highest BCUT2D eigenvalue weighted by Gasteiger charge is 2.29. The summed E-state index contributed by atoms with van der Waals surface area (Å²) < 4.78 is 5.30. The third kappa shape index (κ3) is 6.26. The van der Waals surface area contributed by atoms with Crippen molar-refractivity contribution >= 4 is 11.8 Å². The highest BCUT2D eigenvalue weighted by atomic mass is 16.5. The zero-order chi connectivity index (χ0) is 19.6. The predicted octanol–water partition coefficient (Wildman–Crippen LogP) is 4.05. The van der Waals surface area contributed by atoms with E-state index in [2.05, 4.69) is 5.32 Å². The van der Waals surface area contributed by atoms with Crippen LogP contribution in [-0.4, -0.2) is 35.9 Å². The van der Waals surface area contributed by atoms with Crippen LogP contribution < -0.4 is 10.1 Å². The van der Waals surface area contributed by atoms with Gasteiger partial charge in [0.2, 0.25) is 11.8 Å². The normalized spacial score (nSPS) is 15.8. The highest BCUT2D eigenvalue weighted by molar-refractivity contribution is 5.87. The van der Waals surface area contributed by atoms with Crippen LogP contribution in [0.25, 0.3) is 0 Å².